The fourth-order valence-electron chi connectivity index (χ4n) is 1.75. The lowest BCUT2D eigenvalue weighted by Crippen LogP contribution is -2.38. The number of nitrogens with one attached hydrogen (secondary N) is 1. The van der Waals surface area contributed by atoms with Crippen molar-refractivity contribution in [3.63, 3.8) is 0 Å². The van der Waals surface area contributed by atoms with Crippen LogP contribution in [0.1, 0.15) is 26.2 Å². The first-order chi connectivity index (χ1) is 7.41. The Hall–Kier alpha value is 0.0600. The molecule has 0 aliphatic carbocycles. The smallest absolute Gasteiger partial charge is 0.150 e. The molecule has 96 valence electrons. The SMILES string of the molecule is CC(CCNC1CCS(=O)(=O)CC1)S(C)=O. The molecule has 0 saturated carbocycles. The molecule has 0 amide bonds. The van der Waals surface area contributed by atoms with Crippen LogP contribution in [0.5, 0.6) is 0 Å². The van der Waals surface area contributed by atoms with E-state index in [4.69, 9.17) is 0 Å². The molecule has 1 heterocycles. The van der Waals surface area contributed by atoms with E-state index in [1.165, 1.54) is 0 Å². The van der Waals surface area contributed by atoms with Crippen LogP contribution in [0.25, 0.3) is 0 Å². The molecule has 0 aromatic heterocycles. The molecule has 1 N–H and O–H groups in total. The number of rotatable bonds is 5. The van der Waals surface area contributed by atoms with Crippen molar-refractivity contribution in [2.24, 2.45) is 0 Å². The quantitative estimate of drug-likeness (QED) is 0.779. The van der Waals surface area contributed by atoms with Gasteiger partial charge in [-0.05, 0) is 25.8 Å². The maximum atomic E-state index is 11.2. The number of hydrogen-bond donors (Lipinski definition) is 1. The van der Waals surface area contributed by atoms with Gasteiger partial charge in [0.1, 0.15) is 9.84 Å². The van der Waals surface area contributed by atoms with Crippen LogP contribution in [0.2, 0.25) is 0 Å². The molecule has 1 fully saturated rings. The van der Waals surface area contributed by atoms with E-state index in [2.05, 4.69) is 5.32 Å². The first kappa shape index (κ1) is 14.1. The van der Waals surface area contributed by atoms with Gasteiger partial charge in [-0.3, -0.25) is 4.21 Å². The van der Waals surface area contributed by atoms with E-state index in [1.54, 1.807) is 6.26 Å². The molecule has 0 aromatic carbocycles. The number of sulfone groups is 1. The Labute approximate surface area is 101 Å². The highest BCUT2D eigenvalue weighted by Crippen LogP contribution is 2.12. The summed E-state index contributed by atoms with van der Waals surface area (Å²) in [5.74, 6) is 0.611. The minimum Gasteiger partial charge on any atom is -0.314 e. The predicted octanol–water partition coefficient (Wildman–Crippen LogP) is 0.310. The van der Waals surface area contributed by atoms with Crippen molar-refractivity contribution in [3.8, 4) is 0 Å². The van der Waals surface area contributed by atoms with Crippen LogP contribution < -0.4 is 5.32 Å². The lowest BCUT2D eigenvalue weighted by Gasteiger charge is -2.23. The van der Waals surface area contributed by atoms with Gasteiger partial charge >= 0.3 is 0 Å². The van der Waals surface area contributed by atoms with Gasteiger partial charge in [0.2, 0.25) is 0 Å². The van der Waals surface area contributed by atoms with Crippen LogP contribution in [-0.4, -0.2) is 48.2 Å². The Morgan fingerprint density at radius 1 is 1.38 bits per heavy atom. The molecular weight excluding hydrogens is 246 g/mol. The van der Waals surface area contributed by atoms with Gasteiger partial charge in [0.25, 0.3) is 0 Å². The lowest BCUT2D eigenvalue weighted by molar-refractivity contribution is 0.459. The molecule has 1 saturated heterocycles. The van der Waals surface area contributed by atoms with E-state index in [1.807, 2.05) is 6.92 Å². The monoisotopic (exact) mass is 267 g/mol. The van der Waals surface area contributed by atoms with Crippen LogP contribution in [0.4, 0.5) is 0 Å². The van der Waals surface area contributed by atoms with Gasteiger partial charge in [-0.25, -0.2) is 8.42 Å². The largest absolute Gasteiger partial charge is 0.314 e. The minimum absolute atomic E-state index is 0.208. The summed E-state index contributed by atoms with van der Waals surface area (Å²) in [4.78, 5) is 0. The van der Waals surface area contributed by atoms with Gasteiger partial charge in [0.15, 0.2) is 0 Å². The molecule has 1 aliphatic rings. The van der Waals surface area contributed by atoms with Gasteiger partial charge in [0.05, 0.1) is 11.5 Å². The summed E-state index contributed by atoms with van der Waals surface area (Å²) in [5.41, 5.74) is 0. The number of hydrogen-bond acceptors (Lipinski definition) is 4. The molecular formula is C10H21NO3S2. The fourth-order valence-corrected chi connectivity index (χ4v) is 3.69. The van der Waals surface area contributed by atoms with E-state index >= 15 is 0 Å². The molecule has 1 aliphatic heterocycles. The third-order valence-corrected chi connectivity index (χ3v) is 6.19. The van der Waals surface area contributed by atoms with Gasteiger partial charge in [-0.1, -0.05) is 6.92 Å². The molecule has 0 bridgehead atoms. The summed E-state index contributed by atoms with van der Waals surface area (Å²) in [6.07, 6.45) is 4.03. The zero-order valence-electron chi connectivity index (χ0n) is 9.94. The fraction of sp³-hybridized carbons (Fsp3) is 1.00. The predicted molar refractivity (Wildman–Crippen MR) is 67.8 cm³/mol. The Morgan fingerprint density at radius 2 is 1.94 bits per heavy atom. The topological polar surface area (TPSA) is 63.2 Å². The molecule has 2 atom stereocenters. The first-order valence-corrected chi connectivity index (χ1v) is 9.11. The zero-order valence-corrected chi connectivity index (χ0v) is 11.6. The third kappa shape index (κ3) is 4.93. The Balaban J connectivity index is 2.18. The van der Waals surface area contributed by atoms with Gasteiger partial charge in [0, 0.05) is 28.3 Å². The zero-order chi connectivity index (χ0) is 12.2. The molecule has 0 spiro atoms. The third-order valence-electron chi connectivity index (χ3n) is 3.11. The average Bonchev–Trinajstić information content (AvgIpc) is 2.20. The van der Waals surface area contributed by atoms with E-state index < -0.39 is 20.6 Å². The van der Waals surface area contributed by atoms with E-state index in [-0.39, 0.29) is 5.25 Å². The standard InChI is InChI=1S/C10H21NO3S2/c1-9(15(2)12)3-6-11-10-4-7-16(13,14)8-5-10/h9-11H,3-8H2,1-2H3. The molecule has 1 rings (SSSR count). The normalized spacial score (nSPS) is 25.1. The second-order valence-electron chi connectivity index (χ2n) is 4.48. The molecule has 4 nitrogen and oxygen atoms in total. The summed E-state index contributed by atoms with van der Waals surface area (Å²) in [6, 6.07) is 0.320. The van der Waals surface area contributed by atoms with Gasteiger partial charge in [-0.2, -0.15) is 0 Å². The van der Waals surface area contributed by atoms with Crippen LogP contribution in [0.15, 0.2) is 0 Å². The van der Waals surface area contributed by atoms with Crippen molar-refractivity contribution in [2.75, 3.05) is 24.3 Å². The van der Waals surface area contributed by atoms with Gasteiger partial charge < -0.3 is 5.32 Å². The molecule has 6 heteroatoms. The molecule has 2 unspecified atom stereocenters. The van der Waals surface area contributed by atoms with E-state index in [9.17, 15) is 12.6 Å². The van der Waals surface area contributed by atoms with Gasteiger partial charge in [-0.15, -0.1) is 0 Å². The maximum absolute atomic E-state index is 11.2. The molecule has 0 radical (unpaired) electrons. The second kappa shape index (κ2) is 6.12. The highest BCUT2D eigenvalue weighted by molar-refractivity contribution is 7.91. The highest BCUT2D eigenvalue weighted by atomic mass is 32.2. The Morgan fingerprint density at radius 3 is 2.44 bits per heavy atom. The summed E-state index contributed by atoms with van der Waals surface area (Å²) in [5, 5.41) is 3.55. The maximum Gasteiger partial charge on any atom is 0.150 e. The van der Waals surface area contributed by atoms with Crippen molar-refractivity contribution in [2.45, 2.75) is 37.5 Å². The van der Waals surface area contributed by atoms with Crippen molar-refractivity contribution in [1.82, 2.24) is 5.32 Å². The lowest BCUT2D eigenvalue weighted by atomic mass is 10.1. The summed E-state index contributed by atoms with van der Waals surface area (Å²) in [7, 11) is -3.52. The summed E-state index contributed by atoms with van der Waals surface area (Å²) in [6.45, 7) is 2.80. The van der Waals surface area contributed by atoms with Crippen LogP contribution >= 0.6 is 0 Å². The summed E-state index contributed by atoms with van der Waals surface area (Å²) < 4.78 is 33.5. The van der Waals surface area contributed by atoms with Crippen LogP contribution in [0, 0.1) is 0 Å². The van der Waals surface area contributed by atoms with Crippen molar-refractivity contribution in [3.05, 3.63) is 0 Å². The summed E-state index contributed by atoms with van der Waals surface area (Å²) >= 11 is 0. The second-order valence-corrected chi connectivity index (χ2v) is 8.58. The van der Waals surface area contributed by atoms with Crippen LogP contribution in [0.3, 0.4) is 0 Å². The Bertz CT molecular complexity index is 326. The van der Waals surface area contributed by atoms with Crippen molar-refractivity contribution in [1.29, 1.82) is 0 Å². The average molecular weight is 267 g/mol. The highest BCUT2D eigenvalue weighted by Gasteiger charge is 2.22. The van der Waals surface area contributed by atoms with Crippen molar-refractivity contribution >= 4 is 20.6 Å². The van der Waals surface area contributed by atoms with E-state index in [0.717, 1.165) is 13.0 Å². The van der Waals surface area contributed by atoms with E-state index in [0.29, 0.717) is 30.4 Å². The molecule has 16 heavy (non-hydrogen) atoms. The van der Waals surface area contributed by atoms with Crippen molar-refractivity contribution < 1.29 is 12.6 Å². The minimum atomic E-state index is -2.76. The van der Waals surface area contributed by atoms with Crippen LogP contribution in [-0.2, 0) is 20.6 Å². The molecule has 0 aromatic rings. The Kier molecular flexibility index (Phi) is 5.40. The first-order valence-electron chi connectivity index (χ1n) is 5.67.